The Balaban J connectivity index is 1.57. The molecular formula is C28H35FN4O3. The number of para-hydroxylation sites is 2. The molecule has 0 radical (unpaired) electrons. The fourth-order valence-electron chi connectivity index (χ4n) is 4.93. The molecule has 3 aromatic rings. The lowest BCUT2D eigenvalue weighted by Gasteiger charge is -2.30. The molecule has 1 heterocycles. The zero-order valence-electron chi connectivity index (χ0n) is 21.2. The average molecular weight is 495 g/mol. The van der Waals surface area contributed by atoms with Crippen molar-refractivity contribution in [3.8, 4) is 5.75 Å². The number of nitrogens with zero attached hydrogens (tertiary/aromatic N) is 2. The van der Waals surface area contributed by atoms with E-state index in [-0.39, 0.29) is 23.9 Å². The minimum atomic E-state index is -0.872. The highest BCUT2D eigenvalue weighted by Crippen LogP contribution is 2.29. The standard InChI is InChI=1S/C28H35FN4O3/c1-28(2,3)25(27(36)30-16-19-12-7-8-15-22(19)34)31-26(35)23-20-13-9-14-21(29)24(20)33(32-23)17-18-10-5-4-6-11-18/h7-9,12-15,18,25,34H,4-6,10-11,16-17H2,1-3H3,(H,30,36)(H,31,35). The van der Waals surface area contributed by atoms with E-state index in [0.29, 0.717) is 28.9 Å². The van der Waals surface area contributed by atoms with Gasteiger partial charge >= 0.3 is 0 Å². The third-order valence-electron chi connectivity index (χ3n) is 6.94. The number of fused-ring (bicyclic) bond motifs is 1. The van der Waals surface area contributed by atoms with Gasteiger partial charge in [0.15, 0.2) is 5.69 Å². The summed E-state index contributed by atoms with van der Waals surface area (Å²) in [5.74, 6) is -0.824. The second-order valence-electron chi connectivity index (χ2n) is 10.8. The summed E-state index contributed by atoms with van der Waals surface area (Å²) in [6.45, 7) is 6.26. The van der Waals surface area contributed by atoms with E-state index in [1.165, 1.54) is 12.5 Å². The monoisotopic (exact) mass is 494 g/mol. The Hall–Kier alpha value is -3.42. The molecule has 1 aliphatic rings. The number of phenols is 1. The third-order valence-corrected chi connectivity index (χ3v) is 6.94. The molecule has 1 aromatic heterocycles. The van der Waals surface area contributed by atoms with Crippen molar-refractivity contribution in [1.82, 2.24) is 20.4 Å². The van der Waals surface area contributed by atoms with Crippen LogP contribution < -0.4 is 10.6 Å². The molecule has 0 bridgehead atoms. The number of hydrogen-bond acceptors (Lipinski definition) is 4. The summed E-state index contributed by atoms with van der Waals surface area (Å²) < 4.78 is 16.5. The number of aromatic nitrogens is 2. The van der Waals surface area contributed by atoms with Crippen LogP contribution in [0.1, 0.15) is 68.9 Å². The van der Waals surface area contributed by atoms with Gasteiger partial charge in [0.25, 0.3) is 5.91 Å². The SMILES string of the molecule is CC(C)(C)C(NC(=O)c1nn(CC2CCCCC2)c2c(F)cccc12)C(=O)NCc1ccccc1O. The molecule has 1 aliphatic carbocycles. The predicted octanol–water partition coefficient (Wildman–Crippen LogP) is 4.92. The van der Waals surface area contributed by atoms with Crippen molar-refractivity contribution in [2.75, 3.05) is 0 Å². The molecular weight excluding hydrogens is 459 g/mol. The van der Waals surface area contributed by atoms with Gasteiger partial charge in [-0.15, -0.1) is 0 Å². The van der Waals surface area contributed by atoms with E-state index in [0.717, 1.165) is 25.7 Å². The van der Waals surface area contributed by atoms with Crippen LogP contribution in [0.15, 0.2) is 42.5 Å². The zero-order valence-corrected chi connectivity index (χ0v) is 21.2. The number of aromatic hydroxyl groups is 1. The van der Waals surface area contributed by atoms with Crippen LogP contribution >= 0.6 is 0 Å². The van der Waals surface area contributed by atoms with Gasteiger partial charge in [0.2, 0.25) is 5.91 Å². The molecule has 1 fully saturated rings. The van der Waals surface area contributed by atoms with Gasteiger partial charge in [-0.1, -0.05) is 70.4 Å². The Morgan fingerprint density at radius 2 is 1.83 bits per heavy atom. The maximum atomic E-state index is 14.9. The number of nitrogens with one attached hydrogen (secondary N) is 2. The molecule has 36 heavy (non-hydrogen) atoms. The molecule has 1 saturated carbocycles. The largest absolute Gasteiger partial charge is 0.508 e. The molecule has 3 N–H and O–H groups in total. The van der Waals surface area contributed by atoms with Crippen molar-refractivity contribution in [3.05, 3.63) is 59.5 Å². The number of phenolic OH excluding ortho intramolecular Hbond substituents is 1. The highest BCUT2D eigenvalue weighted by Gasteiger charge is 2.34. The van der Waals surface area contributed by atoms with Gasteiger partial charge in [-0.05, 0) is 36.3 Å². The molecule has 1 unspecified atom stereocenters. The molecule has 4 rings (SSSR count). The van der Waals surface area contributed by atoms with Crippen molar-refractivity contribution in [1.29, 1.82) is 0 Å². The molecule has 2 aromatic carbocycles. The van der Waals surface area contributed by atoms with E-state index in [2.05, 4.69) is 15.7 Å². The summed E-state index contributed by atoms with van der Waals surface area (Å²) in [7, 11) is 0. The second-order valence-corrected chi connectivity index (χ2v) is 10.8. The molecule has 0 saturated heterocycles. The lowest BCUT2D eigenvalue weighted by molar-refractivity contribution is -0.125. The summed E-state index contributed by atoms with van der Waals surface area (Å²) >= 11 is 0. The smallest absolute Gasteiger partial charge is 0.273 e. The first kappa shape index (κ1) is 25.7. The normalized spacial score (nSPS) is 15.6. The molecule has 0 spiro atoms. The average Bonchev–Trinajstić information content (AvgIpc) is 3.21. The Morgan fingerprint density at radius 1 is 1.11 bits per heavy atom. The Kier molecular flexibility index (Phi) is 7.62. The number of benzene rings is 2. The van der Waals surface area contributed by atoms with E-state index in [1.807, 2.05) is 20.8 Å². The van der Waals surface area contributed by atoms with Gasteiger partial charge in [0, 0.05) is 24.0 Å². The summed E-state index contributed by atoms with van der Waals surface area (Å²) in [5.41, 5.74) is 0.407. The van der Waals surface area contributed by atoms with E-state index < -0.39 is 23.2 Å². The molecule has 192 valence electrons. The number of carbonyl (C=O) groups excluding carboxylic acids is 2. The lowest BCUT2D eigenvalue weighted by atomic mass is 9.86. The topological polar surface area (TPSA) is 96.2 Å². The highest BCUT2D eigenvalue weighted by atomic mass is 19.1. The number of hydrogen-bond donors (Lipinski definition) is 3. The first-order valence-electron chi connectivity index (χ1n) is 12.7. The lowest BCUT2D eigenvalue weighted by Crippen LogP contribution is -2.53. The van der Waals surface area contributed by atoms with Gasteiger partial charge in [-0.2, -0.15) is 5.10 Å². The third kappa shape index (κ3) is 5.69. The summed E-state index contributed by atoms with van der Waals surface area (Å²) in [6.07, 6.45) is 5.67. The van der Waals surface area contributed by atoms with E-state index in [4.69, 9.17) is 0 Å². The van der Waals surface area contributed by atoms with Gasteiger partial charge in [0.05, 0.1) is 0 Å². The van der Waals surface area contributed by atoms with Crippen LogP contribution in [0.3, 0.4) is 0 Å². The Labute approximate surface area is 211 Å². The number of halogens is 1. The minimum absolute atomic E-state index is 0.0890. The first-order chi connectivity index (χ1) is 17.1. The predicted molar refractivity (Wildman–Crippen MR) is 137 cm³/mol. The first-order valence-corrected chi connectivity index (χ1v) is 12.7. The second kappa shape index (κ2) is 10.7. The number of amides is 2. The van der Waals surface area contributed by atoms with Crippen LogP contribution in [0.2, 0.25) is 0 Å². The summed E-state index contributed by atoms with van der Waals surface area (Å²) in [4.78, 5) is 26.6. The van der Waals surface area contributed by atoms with Crippen molar-refractivity contribution in [3.63, 3.8) is 0 Å². The van der Waals surface area contributed by atoms with Gasteiger partial charge < -0.3 is 15.7 Å². The molecule has 1 atom stereocenters. The van der Waals surface area contributed by atoms with E-state index >= 15 is 0 Å². The highest BCUT2D eigenvalue weighted by molar-refractivity contribution is 6.06. The number of carbonyl (C=O) groups is 2. The van der Waals surface area contributed by atoms with Crippen LogP contribution in [-0.2, 0) is 17.9 Å². The van der Waals surface area contributed by atoms with Crippen LogP contribution in [0.5, 0.6) is 5.75 Å². The van der Waals surface area contributed by atoms with Crippen LogP contribution in [0.4, 0.5) is 4.39 Å². The van der Waals surface area contributed by atoms with E-state index in [1.54, 1.807) is 41.1 Å². The summed E-state index contributed by atoms with van der Waals surface area (Å²) in [6, 6.07) is 10.5. The number of rotatable bonds is 7. The van der Waals surface area contributed by atoms with Crippen molar-refractivity contribution in [2.45, 2.75) is 72.0 Å². The minimum Gasteiger partial charge on any atom is -0.508 e. The van der Waals surface area contributed by atoms with Crippen molar-refractivity contribution in [2.24, 2.45) is 11.3 Å². The molecule has 0 aliphatic heterocycles. The quantitative estimate of drug-likeness (QED) is 0.434. The van der Waals surface area contributed by atoms with Crippen LogP contribution in [0.25, 0.3) is 10.9 Å². The fraction of sp³-hybridized carbons (Fsp3) is 0.464. The molecule has 7 nitrogen and oxygen atoms in total. The Bertz CT molecular complexity index is 1240. The van der Waals surface area contributed by atoms with Crippen LogP contribution in [-0.4, -0.2) is 32.7 Å². The van der Waals surface area contributed by atoms with E-state index in [9.17, 15) is 19.1 Å². The Morgan fingerprint density at radius 3 is 2.53 bits per heavy atom. The fourth-order valence-corrected chi connectivity index (χ4v) is 4.93. The van der Waals surface area contributed by atoms with Gasteiger partial charge in [-0.25, -0.2) is 4.39 Å². The van der Waals surface area contributed by atoms with Crippen molar-refractivity contribution >= 4 is 22.7 Å². The zero-order chi connectivity index (χ0) is 25.9. The van der Waals surface area contributed by atoms with Crippen LogP contribution in [0, 0.1) is 17.2 Å². The summed E-state index contributed by atoms with van der Waals surface area (Å²) in [5, 5.41) is 20.6. The maximum Gasteiger partial charge on any atom is 0.273 e. The molecule has 2 amide bonds. The maximum absolute atomic E-state index is 14.9. The van der Waals surface area contributed by atoms with Gasteiger partial charge in [0.1, 0.15) is 23.1 Å². The molecule has 8 heteroatoms. The van der Waals surface area contributed by atoms with Gasteiger partial charge in [-0.3, -0.25) is 14.3 Å². The van der Waals surface area contributed by atoms with Crippen molar-refractivity contribution < 1.29 is 19.1 Å².